The molecule has 0 atom stereocenters. The summed E-state index contributed by atoms with van der Waals surface area (Å²) in [6.07, 6.45) is -8.60. The largest absolute Gasteiger partial charge is 0.420 e. The number of carbonyl (C=O) groups excluding carboxylic acids is 1. The van der Waals surface area contributed by atoms with Crippen LogP contribution < -0.4 is 10.6 Å². The van der Waals surface area contributed by atoms with Gasteiger partial charge in [-0.05, 0) is 42.3 Å². The standard InChI is InChI=1S/C23H18ClF6N5O3S2/c24-14-5-12-8-31-2-1-11(12)6-15(14)33-21-32-9-13(23(28,29)30)18(34-21)16-7-17-19(39-16)20(36)35(10-22(25,26)27)3-4-40(17,37)38/h5-7,9,31H,1-4,8,10H2,(H,32,33,34). The minimum Gasteiger partial charge on any atom is -0.328 e. The zero-order valence-corrected chi connectivity index (χ0v) is 22.5. The van der Waals surface area contributed by atoms with Crippen molar-refractivity contribution in [1.82, 2.24) is 20.2 Å². The predicted molar refractivity (Wildman–Crippen MR) is 135 cm³/mol. The molecule has 1 aromatic carbocycles. The van der Waals surface area contributed by atoms with Gasteiger partial charge in [-0.1, -0.05) is 11.6 Å². The van der Waals surface area contributed by atoms with Crippen LogP contribution in [0.2, 0.25) is 5.02 Å². The molecule has 0 saturated heterocycles. The van der Waals surface area contributed by atoms with E-state index >= 15 is 0 Å². The second kappa shape index (κ2) is 10.2. The van der Waals surface area contributed by atoms with Crippen LogP contribution >= 0.6 is 22.9 Å². The van der Waals surface area contributed by atoms with Crippen LogP contribution in [0.4, 0.5) is 38.0 Å². The van der Waals surface area contributed by atoms with Gasteiger partial charge in [0, 0.05) is 19.3 Å². The monoisotopic (exact) mass is 625 g/mol. The second-order valence-corrected chi connectivity index (χ2v) is 12.6. The number of thiophene rings is 1. The van der Waals surface area contributed by atoms with Gasteiger partial charge in [-0.15, -0.1) is 11.3 Å². The Bertz CT molecular complexity index is 1610. The summed E-state index contributed by atoms with van der Waals surface area (Å²) in [6.45, 7) is -1.10. The maximum Gasteiger partial charge on any atom is 0.420 e. The summed E-state index contributed by atoms with van der Waals surface area (Å²) >= 11 is 6.67. The van der Waals surface area contributed by atoms with Crippen LogP contribution in [0, 0.1) is 0 Å². The van der Waals surface area contributed by atoms with Crippen LogP contribution in [0.1, 0.15) is 26.4 Å². The number of hydrogen-bond acceptors (Lipinski definition) is 8. The molecule has 0 unspecified atom stereocenters. The van der Waals surface area contributed by atoms with E-state index in [9.17, 15) is 39.6 Å². The van der Waals surface area contributed by atoms with Crippen molar-refractivity contribution in [2.45, 2.75) is 30.2 Å². The number of alkyl halides is 6. The van der Waals surface area contributed by atoms with Crippen LogP contribution in [0.3, 0.4) is 0 Å². The molecule has 40 heavy (non-hydrogen) atoms. The van der Waals surface area contributed by atoms with Gasteiger partial charge in [0.15, 0.2) is 9.84 Å². The molecule has 5 rings (SSSR count). The Morgan fingerprint density at radius 1 is 1.12 bits per heavy atom. The highest BCUT2D eigenvalue weighted by Gasteiger charge is 2.41. The van der Waals surface area contributed by atoms with E-state index in [4.69, 9.17) is 11.6 Å². The highest BCUT2D eigenvalue weighted by Crippen LogP contribution is 2.42. The number of aromatic nitrogens is 2. The number of anilines is 2. The van der Waals surface area contributed by atoms with Gasteiger partial charge in [-0.25, -0.2) is 18.4 Å². The number of rotatable bonds is 4. The zero-order valence-electron chi connectivity index (χ0n) is 20.1. The lowest BCUT2D eigenvalue weighted by molar-refractivity contribution is -0.140. The van der Waals surface area contributed by atoms with E-state index in [0.717, 1.165) is 23.7 Å². The van der Waals surface area contributed by atoms with Crippen molar-refractivity contribution in [3.05, 3.63) is 51.0 Å². The van der Waals surface area contributed by atoms with Gasteiger partial charge in [0.25, 0.3) is 5.91 Å². The Kier molecular flexibility index (Phi) is 7.25. The predicted octanol–water partition coefficient (Wildman–Crippen LogP) is 5.06. The maximum atomic E-state index is 13.9. The lowest BCUT2D eigenvalue weighted by atomic mass is 10.0. The van der Waals surface area contributed by atoms with Crippen LogP contribution in [0.15, 0.2) is 29.3 Å². The molecule has 0 radical (unpaired) electrons. The second-order valence-electron chi connectivity index (χ2n) is 9.07. The van der Waals surface area contributed by atoms with Gasteiger partial charge >= 0.3 is 12.4 Å². The number of carbonyl (C=O) groups is 1. The Morgan fingerprint density at radius 2 is 1.88 bits per heavy atom. The lowest BCUT2D eigenvalue weighted by Crippen LogP contribution is -2.39. The molecule has 214 valence electrons. The Labute approximate surface area is 232 Å². The topological polar surface area (TPSA) is 104 Å². The van der Waals surface area contributed by atoms with E-state index < -0.39 is 68.0 Å². The van der Waals surface area contributed by atoms with Gasteiger partial charge in [-0.2, -0.15) is 26.3 Å². The fraction of sp³-hybridized carbons (Fsp3) is 0.348. The SMILES string of the molecule is O=C1c2sc(-c3nc(Nc4cc5c(cc4Cl)CNCC5)ncc3C(F)(F)F)cc2S(=O)(=O)CCN1CC(F)(F)F. The van der Waals surface area contributed by atoms with Crippen LogP contribution in [0.25, 0.3) is 10.6 Å². The van der Waals surface area contributed by atoms with Crippen LogP contribution in [0.5, 0.6) is 0 Å². The Morgan fingerprint density at radius 3 is 2.58 bits per heavy atom. The third kappa shape index (κ3) is 5.75. The summed E-state index contributed by atoms with van der Waals surface area (Å²) in [7, 11) is -4.29. The summed E-state index contributed by atoms with van der Waals surface area (Å²) in [4.78, 5) is 19.3. The van der Waals surface area contributed by atoms with Crippen molar-refractivity contribution in [1.29, 1.82) is 0 Å². The number of nitrogens with zero attached hydrogens (tertiary/aromatic N) is 3. The van der Waals surface area contributed by atoms with Crippen molar-refractivity contribution >= 4 is 50.3 Å². The van der Waals surface area contributed by atoms with E-state index in [-0.39, 0.29) is 15.8 Å². The number of halogens is 7. The maximum absolute atomic E-state index is 13.9. The van der Waals surface area contributed by atoms with Crippen molar-refractivity contribution in [2.75, 3.05) is 30.7 Å². The smallest absolute Gasteiger partial charge is 0.328 e. The lowest BCUT2D eigenvalue weighted by Gasteiger charge is -2.21. The fourth-order valence-corrected chi connectivity index (χ4v) is 7.57. The molecule has 0 saturated carbocycles. The first kappa shape index (κ1) is 28.6. The average molecular weight is 626 g/mol. The van der Waals surface area contributed by atoms with Crippen LogP contribution in [-0.2, 0) is 29.0 Å². The number of hydrogen-bond donors (Lipinski definition) is 2. The van der Waals surface area contributed by atoms with Gasteiger partial charge in [0.05, 0.1) is 31.9 Å². The third-order valence-electron chi connectivity index (χ3n) is 6.26. The molecule has 1 amide bonds. The quantitative estimate of drug-likeness (QED) is 0.391. The highest BCUT2D eigenvalue weighted by atomic mass is 35.5. The van der Waals surface area contributed by atoms with Crippen molar-refractivity contribution in [3.8, 4) is 10.6 Å². The minimum absolute atomic E-state index is 0.261. The molecule has 3 aromatic rings. The molecular formula is C23H18ClF6N5O3S2. The molecule has 0 bridgehead atoms. The molecule has 8 nitrogen and oxygen atoms in total. The summed E-state index contributed by atoms with van der Waals surface area (Å²) in [5.74, 6) is -2.37. The minimum atomic E-state index is -4.98. The highest BCUT2D eigenvalue weighted by molar-refractivity contribution is 7.91. The van der Waals surface area contributed by atoms with E-state index in [0.29, 0.717) is 41.1 Å². The zero-order chi connectivity index (χ0) is 29.0. The summed E-state index contributed by atoms with van der Waals surface area (Å²) < 4.78 is 106. The van der Waals surface area contributed by atoms with Crippen molar-refractivity contribution in [3.63, 3.8) is 0 Å². The molecule has 2 aliphatic heterocycles. The normalized spacial score (nSPS) is 17.3. The summed E-state index contributed by atoms with van der Waals surface area (Å²) in [5, 5.41) is 6.24. The number of benzene rings is 1. The van der Waals surface area contributed by atoms with E-state index in [1.165, 1.54) is 0 Å². The average Bonchev–Trinajstić information content (AvgIpc) is 3.29. The molecular weight excluding hydrogens is 608 g/mol. The van der Waals surface area contributed by atoms with Gasteiger partial charge in [-0.3, -0.25) is 4.79 Å². The molecule has 17 heteroatoms. The first-order chi connectivity index (χ1) is 18.6. The van der Waals surface area contributed by atoms with Gasteiger partial charge in [0.1, 0.15) is 17.0 Å². The van der Waals surface area contributed by atoms with Crippen LogP contribution in [-0.4, -0.2) is 60.8 Å². The fourth-order valence-electron chi connectivity index (χ4n) is 4.38. The molecule has 2 aliphatic rings. The first-order valence-electron chi connectivity index (χ1n) is 11.6. The molecule has 0 aliphatic carbocycles. The van der Waals surface area contributed by atoms with E-state index in [1.807, 2.05) is 0 Å². The number of fused-ring (bicyclic) bond motifs is 2. The van der Waals surface area contributed by atoms with E-state index in [1.54, 1.807) is 12.1 Å². The van der Waals surface area contributed by atoms with Crippen molar-refractivity contribution < 1.29 is 39.6 Å². The number of sulfone groups is 1. The summed E-state index contributed by atoms with van der Waals surface area (Å²) in [5.41, 5.74) is 0.185. The van der Waals surface area contributed by atoms with Crippen molar-refractivity contribution in [2.24, 2.45) is 0 Å². The summed E-state index contributed by atoms with van der Waals surface area (Å²) in [6, 6.07) is 4.27. The van der Waals surface area contributed by atoms with E-state index in [2.05, 4.69) is 20.6 Å². The number of nitrogens with one attached hydrogen (secondary N) is 2. The first-order valence-corrected chi connectivity index (χ1v) is 14.4. The van der Waals surface area contributed by atoms with Gasteiger partial charge in [0.2, 0.25) is 5.95 Å². The Balaban J connectivity index is 1.58. The molecule has 2 N–H and O–H groups in total. The molecule has 2 aromatic heterocycles. The molecule has 0 fully saturated rings. The number of amides is 1. The Hall–Kier alpha value is -2.95. The van der Waals surface area contributed by atoms with Gasteiger partial charge < -0.3 is 15.5 Å². The third-order valence-corrected chi connectivity index (χ3v) is 9.55. The molecule has 0 spiro atoms. The molecule has 4 heterocycles.